The average Bonchev–Trinajstić information content (AvgIpc) is 2.53. The van der Waals surface area contributed by atoms with Gasteiger partial charge in [-0.1, -0.05) is 31.5 Å². The van der Waals surface area contributed by atoms with Gasteiger partial charge in [0.15, 0.2) is 0 Å². The summed E-state index contributed by atoms with van der Waals surface area (Å²) in [5, 5.41) is 3.52. The Kier molecular flexibility index (Phi) is 4.27. The number of para-hydroxylation sites is 1. The molecule has 3 unspecified atom stereocenters. The van der Waals surface area contributed by atoms with Crippen molar-refractivity contribution >= 4 is 0 Å². The number of piperidine rings is 1. The average molecular weight is 274 g/mol. The van der Waals surface area contributed by atoms with E-state index in [9.17, 15) is 0 Å². The van der Waals surface area contributed by atoms with Gasteiger partial charge in [0, 0.05) is 12.1 Å². The predicted molar refractivity (Wildman–Crippen MR) is 82.1 cm³/mol. The van der Waals surface area contributed by atoms with Crippen molar-refractivity contribution < 1.29 is 4.74 Å². The molecule has 3 atom stereocenters. The van der Waals surface area contributed by atoms with Crippen LogP contribution in [0.1, 0.15) is 37.8 Å². The van der Waals surface area contributed by atoms with Gasteiger partial charge in [-0.25, -0.2) is 0 Å². The Hall–Kier alpha value is -1.06. The van der Waals surface area contributed by atoms with Crippen LogP contribution in [0, 0.1) is 5.92 Å². The van der Waals surface area contributed by atoms with Crippen molar-refractivity contribution in [1.82, 2.24) is 10.2 Å². The number of nitrogens with one attached hydrogen (secondary N) is 1. The fraction of sp³-hybridized carbons (Fsp3) is 0.647. The number of likely N-dealkylation sites (N-methyl/N-ethyl adjacent to an activating group) is 1. The molecular weight excluding hydrogens is 248 g/mol. The Morgan fingerprint density at radius 1 is 1.35 bits per heavy atom. The minimum Gasteiger partial charge on any atom is -0.492 e. The Morgan fingerprint density at radius 3 is 3.00 bits per heavy atom. The molecule has 1 aromatic carbocycles. The summed E-state index contributed by atoms with van der Waals surface area (Å²) in [6, 6.07) is 9.30. The van der Waals surface area contributed by atoms with Crippen LogP contribution in [-0.4, -0.2) is 37.7 Å². The normalized spacial score (nSPS) is 30.6. The third-order valence-electron chi connectivity index (χ3n) is 4.96. The maximum atomic E-state index is 6.01. The maximum Gasteiger partial charge on any atom is 0.124 e. The lowest BCUT2D eigenvalue weighted by Gasteiger charge is -2.44. The van der Waals surface area contributed by atoms with E-state index < -0.39 is 0 Å². The molecule has 0 radical (unpaired) electrons. The van der Waals surface area contributed by atoms with Gasteiger partial charge in [-0.2, -0.15) is 0 Å². The summed E-state index contributed by atoms with van der Waals surface area (Å²) in [7, 11) is 2.07. The summed E-state index contributed by atoms with van der Waals surface area (Å²) >= 11 is 0. The maximum absolute atomic E-state index is 6.01. The number of benzene rings is 1. The van der Waals surface area contributed by atoms with E-state index in [0.29, 0.717) is 12.1 Å². The van der Waals surface area contributed by atoms with E-state index in [1.165, 1.54) is 37.9 Å². The zero-order valence-corrected chi connectivity index (χ0v) is 12.6. The molecule has 3 rings (SSSR count). The molecule has 0 saturated carbocycles. The highest BCUT2D eigenvalue weighted by Crippen LogP contribution is 2.35. The molecule has 3 heteroatoms. The molecule has 1 aromatic rings. The first kappa shape index (κ1) is 13.9. The highest BCUT2D eigenvalue weighted by atomic mass is 16.5. The van der Waals surface area contributed by atoms with Gasteiger partial charge >= 0.3 is 0 Å². The van der Waals surface area contributed by atoms with Crippen molar-refractivity contribution in [3.05, 3.63) is 29.8 Å². The van der Waals surface area contributed by atoms with Crippen LogP contribution in [0.4, 0.5) is 0 Å². The van der Waals surface area contributed by atoms with E-state index in [1.54, 1.807) is 0 Å². The predicted octanol–water partition coefficient (Wildman–Crippen LogP) is 2.83. The molecule has 1 N–H and O–H groups in total. The van der Waals surface area contributed by atoms with Crippen molar-refractivity contribution in [3.63, 3.8) is 0 Å². The van der Waals surface area contributed by atoms with Gasteiger partial charge < -0.3 is 10.1 Å². The summed E-state index contributed by atoms with van der Waals surface area (Å²) in [6.07, 6.45) is 4.01. The van der Waals surface area contributed by atoms with E-state index in [4.69, 9.17) is 4.74 Å². The lowest BCUT2D eigenvalue weighted by molar-refractivity contribution is 0.0526. The van der Waals surface area contributed by atoms with Gasteiger partial charge in [0.05, 0.1) is 12.1 Å². The van der Waals surface area contributed by atoms with Crippen LogP contribution in [0.3, 0.4) is 0 Å². The van der Waals surface area contributed by atoms with Crippen molar-refractivity contribution in [2.45, 2.75) is 38.3 Å². The number of ether oxygens (including phenoxy) is 1. The van der Waals surface area contributed by atoms with Crippen LogP contribution in [0.15, 0.2) is 24.3 Å². The molecule has 3 nitrogen and oxygen atoms in total. The highest BCUT2D eigenvalue weighted by Gasteiger charge is 2.35. The van der Waals surface area contributed by atoms with E-state index in [1.807, 2.05) is 0 Å². The van der Waals surface area contributed by atoms with Crippen molar-refractivity contribution in [1.29, 1.82) is 0 Å². The summed E-state index contributed by atoms with van der Waals surface area (Å²) in [4.78, 5) is 2.65. The summed E-state index contributed by atoms with van der Waals surface area (Å²) in [5.74, 6) is 1.91. The first-order valence-corrected chi connectivity index (χ1v) is 7.96. The third kappa shape index (κ3) is 2.57. The van der Waals surface area contributed by atoms with Crippen LogP contribution in [-0.2, 0) is 0 Å². The molecule has 1 fully saturated rings. The summed E-state index contributed by atoms with van der Waals surface area (Å²) in [5.41, 5.74) is 1.31. The number of likely N-dealkylation sites (tertiary alicyclic amines) is 1. The van der Waals surface area contributed by atoms with Crippen LogP contribution in [0.2, 0.25) is 0 Å². The largest absolute Gasteiger partial charge is 0.492 e. The molecule has 2 heterocycles. The van der Waals surface area contributed by atoms with Crippen LogP contribution in [0.25, 0.3) is 0 Å². The zero-order valence-electron chi connectivity index (χ0n) is 12.6. The quantitative estimate of drug-likeness (QED) is 0.917. The molecule has 0 spiro atoms. The molecule has 0 amide bonds. The topological polar surface area (TPSA) is 24.5 Å². The summed E-state index contributed by atoms with van der Waals surface area (Å²) < 4.78 is 6.01. The van der Waals surface area contributed by atoms with Crippen molar-refractivity contribution in [2.75, 3.05) is 26.7 Å². The smallest absolute Gasteiger partial charge is 0.124 e. The minimum atomic E-state index is 0.385. The molecule has 2 aliphatic heterocycles. The molecule has 110 valence electrons. The van der Waals surface area contributed by atoms with Gasteiger partial charge in [0.2, 0.25) is 0 Å². The second-order valence-corrected chi connectivity index (χ2v) is 6.09. The SMILES string of the molecule is CCC1CCCN(C2COc3ccccc3C2NC)C1. The monoisotopic (exact) mass is 274 g/mol. The van der Waals surface area contributed by atoms with Gasteiger partial charge in [-0.15, -0.1) is 0 Å². The second kappa shape index (κ2) is 6.15. The summed E-state index contributed by atoms with van der Waals surface area (Å²) in [6.45, 7) is 5.56. The number of rotatable bonds is 3. The van der Waals surface area contributed by atoms with Crippen LogP contribution in [0.5, 0.6) is 5.75 Å². The van der Waals surface area contributed by atoms with E-state index in [0.717, 1.165) is 18.3 Å². The number of hydrogen-bond acceptors (Lipinski definition) is 3. The molecule has 2 aliphatic rings. The van der Waals surface area contributed by atoms with Crippen LogP contribution < -0.4 is 10.1 Å². The molecule has 0 bridgehead atoms. The van der Waals surface area contributed by atoms with Gasteiger partial charge in [0.1, 0.15) is 12.4 Å². The Balaban J connectivity index is 1.80. The minimum absolute atomic E-state index is 0.385. The third-order valence-corrected chi connectivity index (χ3v) is 4.96. The van der Waals surface area contributed by atoms with Gasteiger partial charge in [-0.05, 0) is 38.4 Å². The standard InChI is InChI=1S/C17H26N2O/c1-3-13-7-6-10-19(11-13)15-12-20-16-9-5-4-8-14(16)17(15)18-2/h4-5,8-9,13,15,17-18H,3,6-7,10-12H2,1-2H3. The van der Waals surface area contributed by atoms with Crippen molar-refractivity contribution in [2.24, 2.45) is 5.92 Å². The molecule has 20 heavy (non-hydrogen) atoms. The second-order valence-electron chi connectivity index (χ2n) is 6.09. The van der Waals surface area contributed by atoms with Gasteiger partial charge in [-0.3, -0.25) is 4.90 Å². The number of fused-ring (bicyclic) bond motifs is 1. The number of hydrogen-bond donors (Lipinski definition) is 1. The molecule has 0 aliphatic carbocycles. The number of nitrogens with zero attached hydrogens (tertiary/aromatic N) is 1. The molecule has 0 aromatic heterocycles. The van der Waals surface area contributed by atoms with E-state index in [2.05, 4.69) is 48.5 Å². The zero-order chi connectivity index (χ0) is 13.9. The van der Waals surface area contributed by atoms with E-state index in [-0.39, 0.29) is 0 Å². The van der Waals surface area contributed by atoms with Crippen LogP contribution >= 0.6 is 0 Å². The Labute approximate surface area is 122 Å². The van der Waals surface area contributed by atoms with Gasteiger partial charge in [0.25, 0.3) is 0 Å². The lowest BCUT2D eigenvalue weighted by atomic mass is 9.90. The van der Waals surface area contributed by atoms with Crippen molar-refractivity contribution in [3.8, 4) is 5.75 Å². The Bertz CT molecular complexity index is 448. The Morgan fingerprint density at radius 2 is 2.20 bits per heavy atom. The molecular formula is C17H26N2O. The molecule has 1 saturated heterocycles. The first-order valence-electron chi connectivity index (χ1n) is 7.96. The van der Waals surface area contributed by atoms with E-state index >= 15 is 0 Å². The fourth-order valence-electron chi connectivity index (χ4n) is 3.74. The first-order chi connectivity index (χ1) is 9.83. The lowest BCUT2D eigenvalue weighted by Crippen LogP contribution is -2.52. The fourth-order valence-corrected chi connectivity index (χ4v) is 3.74. The highest BCUT2D eigenvalue weighted by molar-refractivity contribution is 5.38.